The Morgan fingerprint density at radius 1 is 1.10 bits per heavy atom. The van der Waals surface area contributed by atoms with Gasteiger partial charge in [0.2, 0.25) is 11.8 Å². The molecule has 0 unspecified atom stereocenters. The van der Waals surface area contributed by atoms with Gasteiger partial charge in [0.15, 0.2) is 5.82 Å². The van der Waals surface area contributed by atoms with Crippen molar-refractivity contribution in [2.45, 2.75) is 52.2 Å². The standard InChI is InChI=1S/C30H35ClN6O4/c1-18(2)37(29(40)41-30(3,4)5)15-23(19-7-11-21(31)12-8-19)28(39)34-22-13-9-20(10-14-22)25-26-27(33-17-32-25)35-24(38)16-36(26)6/h7-14,17-18,23H,15-16H2,1-6H3,(H,34,39)(H,32,33,35,38)/t23-/m1/s1. The maximum Gasteiger partial charge on any atom is 0.410 e. The highest BCUT2D eigenvalue weighted by atomic mass is 35.5. The summed E-state index contributed by atoms with van der Waals surface area (Å²) in [5.74, 6) is -0.651. The zero-order valence-corrected chi connectivity index (χ0v) is 24.8. The van der Waals surface area contributed by atoms with E-state index in [1.165, 1.54) is 6.33 Å². The van der Waals surface area contributed by atoms with Crippen LogP contribution in [0.4, 0.5) is 22.0 Å². The summed E-state index contributed by atoms with van der Waals surface area (Å²) in [5, 5.41) is 6.32. The quantitative estimate of drug-likeness (QED) is 0.377. The van der Waals surface area contributed by atoms with Crippen LogP contribution >= 0.6 is 11.6 Å². The molecule has 0 saturated carbocycles. The molecule has 1 atom stereocenters. The number of amides is 3. The van der Waals surface area contributed by atoms with Crippen LogP contribution in [0.2, 0.25) is 5.02 Å². The first-order valence-electron chi connectivity index (χ1n) is 13.3. The molecule has 1 aliphatic heterocycles. The highest BCUT2D eigenvalue weighted by Crippen LogP contribution is 2.36. The summed E-state index contributed by atoms with van der Waals surface area (Å²) >= 11 is 6.11. The highest BCUT2D eigenvalue weighted by Gasteiger charge is 2.31. The van der Waals surface area contributed by atoms with Gasteiger partial charge in [-0.25, -0.2) is 14.8 Å². The molecule has 0 aliphatic carbocycles. The van der Waals surface area contributed by atoms with Crippen molar-refractivity contribution < 1.29 is 19.1 Å². The van der Waals surface area contributed by atoms with Crippen LogP contribution in [0.25, 0.3) is 11.3 Å². The third kappa shape index (κ3) is 7.32. The fourth-order valence-electron chi connectivity index (χ4n) is 4.50. The number of nitrogens with one attached hydrogen (secondary N) is 2. The van der Waals surface area contributed by atoms with Gasteiger partial charge in [-0.05, 0) is 64.4 Å². The summed E-state index contributed by atoms with van der Waals surface area (Å²) < 4.78 is 5.62. The topological polar surface area (TPSA) is 117 Å². The predicted molar refractivity (Wildman–Crippen MR) is 160 cm³/mol. The number of halogens is 1. The molecule has 10 nitrogen and oxygen atoms in total. The Morgan fingerprint density at radius 2 is 1.76 bits per heavy atom. The summed E-state index contributed by atoms with van der Waals surface area (Å²) in [6.45, 7) is 9.50. The van der Waals surface area contributed by atoms with Gasteiger partial charge in [-0.15, -0.1) is 0 Å². The van der Waals surface area contributed by atoms with E-state index in [0.717, 1.165) is 16.8 Å². The molecule has 0 saturated heterocycles. The number of benzene rings is 2. The van der Waals surface area contributed by atoms with Gasteiger partial charge in [-0.2, -0.15) is 0 Å². The molecule has 2 aromatic carbocycles. The average molecular weight is 579 g/mol. The van der Waals surface area contributed by atoms with Crippen molar-refractivity contribution in [2.75, 3.05) is 35.7 Å². The molecular weight excluding hydrogens is 544 g/mol. The SMILES string of the molecule is CC(C)N(C[C@@H](C(=O)Nc1ccc(-c2ncnc3c2N(C)CC(=O)N3)cc1)c1ccc(Cl)cc1)C(=O)OC(C)(C)C. The first-order chi connectivity index (χ1) is 19.3. The van der Waals surface area contributed by atoms with Gasteiger partial charge in [0, 0.05) is 35.9 Å². The smallest absolute Gasteiger partial charge is 0.410 e. The van der Waals surface area contributed by atoms with E-state index in [1.807, 2.05) is 53.8 Å². The molecular formula is C30H35ClN6O4. The minimum absolute atomic E-state index is 0.114. The number of hydrogen-bond acceptors (Lipinski definition) is 7. The van der Waals surface area contributed by atoms with Gasteiger partial charge in [0.1, 0.15) is 17.6 Å². The molecule has 0 radical (unpaired) electrons. The largest absolute Gasteiger partial charge is 0.444 e. The summed E-state index contributed by atoms with van der Waals surface area (Å²) in [7, 11) is 1.81. The number of likely N-dealkylation sites (N-methyl/N-ethyl adjacent to an activating group) is 1. The number of ether oxygens (including phenoxy) is 1. The molecule has 41 heavy (non-hydrogen) atoms. The maximum atomic E-state index is 13.7. The second-order valence-electron chi connectivity index (χ2n) is 11.2. The van der Waals surface area contributed by atoms with Gasteiger partial charge in [0.05, 0.1) is 18.2 Å². The third-order valence-electron chi connectivity index (χ3n) is 6.49. The first kappa shape index (κ1) is 29.8. The van der Waals surface area contributed by atoms with Gasteiger partial charge in [-0.3, -0.25) is 9.59 Å². The second-order valence-corrected chi connectivity index (χ2v) is 11.7. The van der Waals surface area contributed by atoms with Crippen molar-refractivity contribution in [3.8, 4) is 11.3 Å². The van der Waals surface area contributed by atoms with Crippen molar-refractivity contribution in [2.24, 2.45) is 0 Å². The lowest BCUT2D eigenvalue weighted by Gasteiger charge is -2.32. The zero-order chi connectivity index (χ0) is 29.9. The summed E-state index contributed by atoms with van der Waals surface area (Å²) in [4.78, 5) is 50.6. The van der Waals surface area contributed by atoms with Crippen LogP contribution in [0.5, 0.6) is 0 Å². The Hall–Kier alpha value is -4.18. The normalized spacial score (nSPS) is 13.8. The number of rotatable bonds is 7. The third-order valence-corrected chi connectivity index (χ3v) is 6.74. The van der Waals surface area contributed by atoms with Crippen LogP contribution in [0, 0.1) is 0 Å². The van der Waals surface area contributed by atoms with Gasteiger partial charge in [-0.1, -0.05) is 35.9 Å². The molecule has 4 rings (SSSR count). The minimum atomic E-state index is -0.687. The van der Waals surface area contributed by atoms with Crippen LogP contribution < -0.4 is 15.5 Å². The second kappa shape index (κ2) is 12.1. The van der Waals surface area contributed by atoms with Gasteiger partial charge >= 0.3 is 6.09 Å². The summed E-state index contributed by atoms with van der Waals surface area (Å²) in [5.41, 5.74) is 2.82. The van der Waals surface area contributed by atoms with Crippen molar-refractivity contribution in [1.29, 1.82) is 0 Å². The summed E-state index contributed by atoms with van der Waals surface area (Å²) in [6, 6.07) is 14.1. The highest BCUT2D eigenvalue weighted by molar-refractivity contribution is 6.30. The van der Waals surface area contributed by atoms with Crippen LogP contribution in [0.3, 0.4) is 0 Å². The predicted octanol–water partition coefficient (Wildman–Crippen LogP) is 5.55. The fraction of sp³-hybridized carbons (Fsp3) is 0.367. The van der Waals surface area contributed by atoms with Gasteiger partial charge < -0.3 is 25.2 Å². The molecule has 0 fully saturated rings. The van der Waals surface area contributed by atoms with E-state index in [0.29, 0.717) is 22.2 Å². The van der Waals surface area contributed by atoms with E-state index in [1.54, 1.807) is 46.2 Å². The number of hydrogen-bond donors (Lipinski definition) is 2. The molecule has 1 aliphatic rings. The fourth-order valence-corrected chi connectivity index (χ4v) is 4.62. The molecule has 3 aromatic rings. The van der Waals surface area contributed by atoms with E-state index < -0.39 is 17.6 Å². The number of carbonyl (C=O) groups is 3. The zero-order valence-electron chi connectivity index (χ0n) is 24.1. The molecule has 11 heteroatoms. The van der Waals surface area contributed by atoms with Crippen molar-refractivity contribution in [3.05, 3.63) is 65.4 Å². The van der Waals surface area contributed by atoms with Crippen LogP contribution in [0.15, 0.2) is 54.9 Å². The van der Waals surface area contributed by atoms with E-state index >= 15 is 0 Å². The Morgan fingerprint density at radius 3 is 2.37 bits per heavy atom. The summed E-state index contributed by atoms with van der Waals surface area (Å²) in [6.07, 6.45) is 0.920. The van der Waals surface area contributed by atoms with Crippen LogP contribution in [0.1, 0.15) is 46.1 Å². The Labute approximate surface area is 245 Å². The van der Waals surface area contributed by atoms with Crippen molar-refractivity contribution in [3.63, 3.8) is 0 Å². The molecule has 216 valence electrons. The first-order valence-corrected chi connectivity index (χ1v) is 13.7. The van der Waals surface area contributed by atoms with E-state index in [9.17, 15) is 14.4 Å². The average Bonchev–Trinajstić information content (AvgIpc) is 2.88. The number of anilines is 3. The molecule has 2 heterocycles. The van der Waals surface area contributed by atoms with Crippen LogP contribution in [-0.4, -0.2) is 64.6 Å². The van der Waals surface area contributed by atoms with Crippen molar-refractivity contribution in [1.82, 2.24) is 14.9 Å². The molecule has 3 amide bonds. The van der Waals surface area contributed by atoms with Gasteiger partial charge in [0.25, 0.3) is 0 Å². The number of carbonyl (C=O) groups excluding carboxylic acids is 3. The van der Waals surface area contributed by atoms with E-state index in [4.69, 9.17) is 16.3 Å². The molecule has 1 aromatic heterocycles. The lowest BCUT2D eigenvalue weighted by atomic mass is 9.96. The van der Waals surface area contributed by atoms with E-state index in [2.05, 4.69) is 20.6 Å². The Balaban J connectivity index is 1.58. The molecule has 2 N–H and O–H groups in total. The monoisotopic (exact) mass is 578 g/mol. The van der Waals surface area contributed by atoms with E-state index in [-0.39, 0.29) is 30.9 Å². The Bertz CT molecular complexity index is 1420. The molecule has 0 bridgehead atoms. The lowest BCUT2D eigenvalue weighted by molar-refractivity contribution is -0.118. The number of nitrogens with zero attached hydrogens (tertiary/aromatic N) is 4. The number of aromatic nitrogens is 2. The minimum Gasteiger partial charge on any atom is -0.444 e. The van der Waals surface area contributed by atoms with Crippen molar-refractivity contribution >= 4 is 46.7 Å². The van der Waals surface area contributed by atoms with Crippen LogP contribution in [-0.2, 0) is 14.3 Å². The Kier molecular flexibility index (Phi) is 8.82. The lowest BCUT2D eigenvalue weighted by Crippen LogP contribution is -2.44. The molecule has 0 spiro atoms. The maximum absolute atomic E-state index is 13.7. The number of fused-ring (bicyclic) bond motifs is 1.